The molecule has 5 heteroatoms. The maximum Gasteiger partial charge on any atom is 0.310 e. The number of aromatic nitrogens is 1. The predicted molar refractivity (Wildman–Crippen MR) is 74.5 cm³/mol. The number of nitrogens with zero attached hydrogens (tertiary/aromatic N) is 1. The number of benzene rings is 1. The molecular formula is C14H13BrFNO2. The Kier molecular flexibility index (Phi) is 4.14. The second-order valence-corrected chi connectivity index (χ2v) is 5.00. The first-order valence-electron chi connectivity index (χ1n) is 5.92. The van der Waals surface area contributed by atoms with Gasteiger partial charge in [-0.25, -0.2) is 4.39 Å². The molecule has 3 nitrogen and oxygen atoms in total. The van der Waals surface area contributed by atoms with E-state index in [1.165, 1.54) is 0 Å². The second-order valence-electron chi connectivity index (χ2n) is 4.14. The minimum Gasteiger partial charge on any atom is -0.466 e. The molecule has 1 heterocycles. The van der Waals surface area contributed by atoms with Crippen molar-refractivity contribution >= 4 is 32.8 Å². The van der Waals surface area contributed by atoms with Crippen molar-refractivity contribution in [3.8, 4) is 0 Å². The van der Waals surface area contributed by atoms with E-state index < -0.39 is 0 Å². The Morgan fingerprint density at radius 1 is 1.47 bits per heavy atom. The molecule has 0 unspecified atom stereocenters. The predicted octanol–water partition coefficient (Wildman–Crippen LogP) is 3.55. The van der Waals surface area contributed by atoms with Gasteiger partial charge in [-0.2, -0.15) is 0 Å². The Morgan fingerprint density at radius 2 is 2.21 bits per heavy atom. The van der Waals surface area contributed by atoms with E-state index in [9.17, 15) is 9.18 Å². The van der Waals surface area contributed by atoms with E-state index in [1.54, 1.807) is 32.0 Å². The number of aryl methyl sites for hydroxylation is 1. The van der Waals surface area contributed by atoms with Crippen LogP contribution in [0.25, 0.3) is 10.9 Å². The quantitative estimate of drug-likeness (QED) is 0.810. The number of hydrogen-bond donors (Lipinski definition) is 0. The molecule has 1 aromatic carbocycles. The lowest BCUT2D eigenvalue weighted by molar-refractivity contribution is -0.142. The van der Waals surface area contributed by atoms with Gasteiger partial charge in [0.15, 0.2) is 0 Å². The third-order valence-electron chi connectivity index (χ3n) is 2.82. The zero-order valence-corrected chi connectivity index (χ0v) is 12.3. The summed E-state index contributed by atoms with van der Waals surface area (Å²) in [6, 6.07) is 5.02. The maximum atomic E-state index is 14.0. The molecule has 0 saturated carbocycles. The van der Waals surface area contributed by atoms with Crippen LogP contribution in [-0.4, -0.2) is 17.6 Å². The van der Waals surface area contributed by atoms with Crippen molar-refractivity contribution in [2.45, 2.75) is 20.3 Å². The average molecular weight is 326 g/mol. The van der Waals surface area contributed by atoms with Crippen molar-refractivity contribution in [2.75, 3.05) is 6.61 Å². The second kappa shape index (κ2) is 5.65. The Bertz CT molecular complexity index is 643. The van der Waals surface area contributed by atoms with Crippen LogP contribution in [0.15, 0.2) is 22.7 Å². The summed E-state index contributed by atoms with van der Waals surface area (Å²) in [6.45, 7) is 3.88. The third-order valence-corrected chi connectivity index (χ3v) is 3.43. The molecule has 0 atom stereocenters. The highest BCUT2D eigenvalue weighted by Crippen LogP contribution is 2.25. The van der Waals surface area contributed by atoms with Crippen molar-refractivity contribution in [3.05, 3.63) is 39.7 Å². The monoisotopic (exact) mass is 325 g/mol. The van der Waals surface area contributed by atoms with Crippen molar-refractivity contribution < 1.29 is 13.9 Å². The van der Waals surface area contributed by atoms with Crippen LogP contribution in [-0.2, 0) is 16.0 Å². The molecule has 0 aliphatic carbocycles. The fourth-order valence-corrected chi connectivity index (χ4v) is 2.21. The van der Waals surface area contributed by atoms with E-state index in [2.05, 4.69) is 20.9 Å². The molecule has 19 heavy (non-hydrogen) atoms. The van der Waals surface area contributed by atoms with Gasteiger partial charge in [-0.15, -0.1) is 0 Å². The van der Waals surface area contributed by atoms with Gasteiger partial charge in [0, 0.05) is 11.1 Å². The van der Waals surface area contributed by atoms with E-state index in [-0.39, 0.29) is 18.2 Å². The fraction of sp³-hybridized carbons (Fsp3) is 0.286. The SMILES string of the molecule is CCOC(=O)Cc1cc2c(F)c(Br)ccc2nc1C. The van der Waals surface area contributed by atoms with E-state index in [0.29, 0.717) is 33.2 Å². The molecule has 2 aromatic rings. The average Bonchev–Trinajstić information content (AvgIpc) is 2.36. The van der Waals surface area contributed by atoms with Gasteiger partial charge >= 0.3 is 5.97 Å². The molecule has 0 amide bonds. The molecule has 0 fully saturated rings. The zero-order valence-electron chi connectivity index (χ0n) is 10.7. The van der Waals surface area contributed by atoms with Gasteiger partial charge in [-0.1, -0.05) is 0 Å². The van der Waals surface area contributed by atoms with Crippen molar-refractivity contribution in [3.63, 3.8) is 0 Å². The summed E-state index contributed by atoms with van der Waals surface area (Å²) in [5.41, 5.74) is 1.97. The molecule has 0 aliphatic rings. The van der Waals surface area contributed by atoms with Gasteiger partial charge in [0.1, 0.15) is 5.82 Å². The van der Waals surface area contributed by atoms with Crippen LogP contribution in [0.3, 0.4) is 0 Å². The Labute approximate surface area is 118 Å². The summed E-state index contributed by atoms with van der Waals surface area (Å²) in [7, 11) is 0. The number of carbonyl (C=O) groups is 1. The standard InChI is InChI=1S/C14H13BrFNO2/c1-3-19-13(18)7-9-6-10-12(17-8(9)2)5-4-11(15)14(10)16/h4-6H,3,7H2,1-2H3. The van der Waals surface area contributed by atoms with Crippen LogP contribution in [0, 0.1) is 12.7 Å². The Hall–Kier alpha value is -1.49. The number of halogens is 2. The van der Waals surface area contributed by atoms with Gasteiger partial charge in [-0.3, -0.25) is 9.78 Å². The first-order chi connectivity index (χ1) is 9.02. The lowest BCUT2D eigenvalue weighted by atomic mass is 10.1. The largest absolute Gasteiger partial charge is 0.466 e. The summed E-state index contributed by atoms with van der Waals surface area (Å²) in [5.74, 6) is -0.697. The van der Waals surface area contributed by atoms with Crippen molar-refractivity contribution in [1.82, 2.24) is 4.98 Å². The lowest BCUT2D eigenvalue weighted by Crippen LogP contribution is -2.09. The molecule has 0 radical (unpaired) electrons. The third kappa shape index (κ3) is 2.92. The number of pyridine rings is 1. The summed E-state index contributed by atoms with van der Waals surface area (Å²) < 4.78 is 19.3. The van der Waals surface area contributed by atoms with E-state index >= 15 is 0 Å². The molecule has 0 spiro atoms. The van der Waals surface area contributed by atoms with Crippen LogP contribution < -0.4 is 0 Å². The summed E-state index contributed by atoms with van der Waals surface area (Å²) >= 11 is 3.14. The van der Waals surface area contributed by atoms with Crippen molar-refractivity contribution in [1.29, 1.82) is 0 Å². The molecule has 0 N–H and O–H groups in total. The zero-order chi connectivity index (χ0) is 14.0. The Balaban J connectivity index is 2.48. The van der Waals surface area contributed by atoms with Gasteiger partial charge in [0.05, 0.1) is 23.0 Å². The molecule has 1 aromatic heterocycles. The van der Waals surface area contributed by atoms with Gasteiger partial charge in [0.25, 0.3) is 0 Å². The summed E-state index contributed by atoms with van der Waals surface area (Å²) in [4.78, 5) is 15.8. The minimum absolute atomic E-state index is 0.106. The van der Waals surface area contributed by atoms with Crippen LogP contribution in [0.4, 0.5) is 4.39 Å². The number of carbonyl (C=O) groups excluding carboxylic acids is 1. The van der Waals surface area contributed by atoms with Crippen LogP contribution >= 0.6 is 15.9 Å². The summed E-state index contributed by atoms with van der Waals surface area (Å²) in [6.07, 6.45) is 0.106. The topological polar surface area (TPSA) is 39.2 Å². The van der Waals surface area contributed by atoms with Gasteiger partial charge < -0.3 is 4.74 Å². The normalized spacial score (nSPS) is 10.7. The molecule has 100 valence electrons. The smallest absolute Gasteiger partial charge is 0.310 e. The first-order valence-corrected chi connectivity index (χ1v) is 6.72. The van der Waals surface area contributed by atoms with E-state index in [0.717, 1.165) is 0 Å². The fourth-order valence-electron chi connectivity index (χ4n) is 1.87. The number of esters is 1. The molecular weight excluding hydrogens is 313 g/mol. The highest BCUT2D eigenvalue weighted by molar-refractivity contribution is 9.10. The molecule has 0 aliphatic heterocycles. The number of rotatable bonds is 3. The number of fused-ring (bicyclic) bond motifs is 1. The molecule has 2 rings (SSSR count). The van der Waals surface area contributed by atoms with E-state index in [1.807, 2.05) is 0 Å². The van der Waals surface area contributed by atoms with E-state index in [4.69, 9.17) is 4.74 Å². The number of ether oxygens (including phenoxy) is 1. The molecule has 0 bridgehead atoms. The number of hydrogen-bond acceptors (Lipinski definition) is 3. The first kappa shape index (κ1) is 13.9. The Morgan fingerprint density at radius 3 is 2.89 bits per heavy atom. The molecule has 0 saturated heterocycles. The minimum atomic E-state index is -0.366. The highest BCUT2D eigenvalue weighted by atomic mass is 79.9. The summed E-state index contributed by atoms with van der Waals surface area (Å²) in [5, 5.41) is 0.402. The van der Waals surface area contributed by atoms with Crippen LogP contribution in [0.5, 0.6) is 0 Å². The maximum absolute atomic E-state index is 14.0. The van der Waals surface area contributed by atoms with Crippen LogP contribution in [0.2, 0.25) is 0 Å². The van der Waals surface area contributed by atoms with Gasteiger partial charge in [0.2, 0.25) is 0 Å². The van der Waals surface area contributed by atoms with Crippen LogP contribution in [0.1, 0.15) is 18.2 Å². The van der Waals surface area contributed by atoms with Gasteiger partial charge in [-0.05, 0) is 53.5 Å². The highest BCUT2D eigenvalue weighted by Gasteiger charge is 2.12. The lowest BCUT2D eigenvalue weighted by Gasteiger charge is -2.08. The van der Waals surface area contributed by atoms with Crippen molar-refractivity contribution in [2.24, 2.45) is 0 Å².